The lowest BCUT2D eigenvalue weighted by Gasteiger charge is -2.10. The zero-order valence-electron chi connectivity index (χ0n) is 14.3. The smallest absolute Gasteiger partial charge is 0.336 e. The molecule has 2 aromatic heterocycles. The first-order chi connectivity index (χ1) is 13.1. The normalized spacial score (nSPS) is 11.0. The van der Waals surface area contributed by atoms with Crippen LogP contribution in [0.5, 0.6) is 11.5 Å². The molecule has 27 heavy (non-hydrogen) atoms. The predicted molar refractivity (Wildman–Crippen MR) is 100 cm³/mol. The van der Waals surface area contributed by atoms with Crippen LogP contribution in [0.2, 0.25) is 0 Å². The molecule has 0 saturated carbocycles. The molecule has 2 heterocycles. The highest BCUT2D eigenvalue weighted by atomic mass is 16.6. The van der Waals surface area contributed by atoms with Crippen molar-refractivity contribution in [2.75, 3.05) is 0 Å². The van der Waals surface area contributed by atoms with Gasteiger partial charge in [-0.3, -0.25) is 15.1 Å². The highest BCUT2D eigenvalue weighted by Gasteiger charge is 2.16. The van der Waals surface area contributed by atoms with Gasteiger partial charge in [0, 0.05) is 41.4 Å². The molecule has 4 rings (SSSR count). The molecule has 2 aromatic carbocycles. The van der Waals surface area contributed by atoms with Crippen LogP contribution in [0.4, 0.5) is 5.69 Å². The van der Waals surface area contributed by atoms with Crippen LogP contribution >= 0.6 is 0 Å². The lowest BCUT2D eigenvalue weighted by Crippen LogP contribution is -2.00. The van der Waals surface area contributed by atoms with Crippen LogP contribution in [0.25, 0.3) is 21.7 Å². The Kier molecular flexibility index (Phi) is 4.04. The van der Waals surface area contributed by atoms with Crippen molar-refractivity contribution >= 4 is 27.4 Å². The second-order valence-corrected chi connectivity index (χ2v) is 5.97. The number of pyridine rings is 1. The van der Waals surface area contributed by atoms with Gasteiger partial charge in [0.2, 0.25) is 0 Å². The monoisotopic (exact) mass is 362 g/mol. The molecule has 0 amide bonds. The first kappa shape index (κ1) is 16.7. The van der Waals surface area contributed by atoms with Crippen molar-refractivity contribution < 1.29 is 14.1 Å². The van der Waals surface area contributed by atoms with Crippen LogP contribution < -0.4 is 10.4 Å². The molecule has 0 radical (unpaired) electrons. The minimum atomic E-state index is -0.454. The molecule has 0 aliphatic rings. The molecule has 0 N–H and O–H groups in total. The van der Waals surface area contributed by atoms with Crippen molar-refractivity contribution in [2.45, 2.75) is 13.3 Å². The van der Waals surface area contributed by atoms with E-state index in [2.05, 4.69) is 4.98 Å². The fourth-order valence-corrected chi connectivity index (χ4v) is 3.09. The van der Waals surface area contributed by atoms with Crippen molar-refractivity contribution in [3.63, 3.8) is 0 Å². The summed E-state index contributed by atoms with van der Waals surface area (Å²) in [6.07, 6.45) is 3.70. The first-order valence-corrected chi connectivity index (χ1v) is 8.32. The lowest BCUT2D eigenvalue weighted by atomic mass is 10.1. The minimum absolute atomic E-state index is 0.0393. The Morgan fingerprint density at radius 2 is 1.96 bits per heavy atom. The maximum Gasteiger partial charge on any atom is 0.336 e. The third-order valence-electron chi connectivity index (χ3n) is 4.36. The van der Waals surface area contributed by atoms with E-state index >= 15 is 0 Å². The number of aryl methyl sites for hydroxylation is 1. The van der Waals surface area contributed by atoms with Crippen LogP contribution in [0.15, 0.2) is 64.1 Å². The molecule has 0 atom stereocenters. The van der Waals surface area contributed by atoms with Gasteiger partial charge in [-0.15, -0.1) is 0 Å². The molecular formula is C20H14N2O5. The summed E-state index contributed by atoms with van der Waals surface area (Å²) in [4.78, 5) is 26.5. The fourth-order valence-electron chi connectivity index (χ4n) is 3.09. The number of non-ortho nitro benzene ring substituents is 1. The molecule has 0 aliphatic carbocycles. The van der Waals surface area contributed by atoms with Crippen molar-refractivity contribution in [1.29, 1.82) is 0 Å². The summed E-state index contributed by atoms with van der Waals surface area (Å²) in [6.45, 7) is 1.97. The van der Waals surface area contributed by atoms with Gasteiger partial charge >= 0.3 is 5.63 Å². The number of aromatic nitrogens is 1. The zero-order valence-corrected chi connectivity index (χ0v) is 14.3. The molecule has 7 nitrogen and oxygen atoms in total. The highest BCUT2D eigenvalue weighted by molar-refractivity contribution is 5.95. The Hall–Kier alpha value is -3.74. The summed E-state index contributed by atoms with van der Waals surface area (Å²) in [5.41, 5.74) is 0.885. The van der Waals surface area contributed by atoms with E-state index < -0.39 is 10.5 Å². The topological polar surface area (TPSA) is 95.5 Å². The summed E-state index contributed by atoms with van der Waals surface area (Å²) >= 11 is 0. The Bertz CT molecular complexity index is 1250. The van der Waals surface area contributed by atoms with Gasteiger partial charge in [-0.1, -0.05) is 6.92 Å². The van der Waals surface area contributed by atoms with E-state index in [0.29, 0.717) is 34.3 Å². The van der Waals surface area contributed by atoms with Crippen molar-refractivity contribution in [2.24, 2.45) is 0 Å². The van der Waals surface area contributed by atoms with Gasteiger partial charge in [0.25, 0.3) is 5.69 Å². The van der Waals surface area contributed by atoms with E-state index in [1.165, 1.54) is 18.3 Å². The summed E-state index contributed by atoms with van der Waals surface area (Å²) in [6, 6.07) is 11.3. The van der Waals surface area contributed by atoms with E-state index in [9.17, 15) is 14.9 Å². The Balaban J connectivity index is 1.82. The van der Waals surface area contributed by atoms with Gasteiger partial charge in [-0.05, 0) is 36.2 Å². The summed E-state index contributed by atoms with van der Waals surface area (Å²) in [5.74, 6) is 0.914. The van der Waals surface area contributed by atoms with Crippen LogP contribution in [0.3, 0.4) is 0 Å². The second-order valence-electron chi connectivity index (χ2n) is 5.97. The van der Waals surface area contributed by atoms with E-state index in [1.54, 1.807) is 30.5 Å². The standard InChI is InChI=1S/C20H14N2O5/c1-2-12-9-20(23)27-19-10-13(3-4-14(12)19)26-18-6-5-17(22(24)25)16-11-21-8-7-15(16)18/h3-11H,2H2,1H3. The molecule has 134 valence electrons. The van der Waals surface area contributed by atoms with Crippen LogP contribution in [0, 0.1) is 10.1 Å². The van der Waals surface area contributed by atoms with Gasteiger partial charge in [-0.25, -0.2) is 4.79 Å². The Morgan fingerprint density at radius 3 is 2.74 bits per heavy atom. The molecule has 4 aromatic rings. The van der Waals surface area contributed by atoms with Gasteiger partial charge in [-0.2, -0.15) is 0 Å². The van der Waals surface area contributed by atoms with E-state index in [4.69, 9.17) is 9.15 Å². The number of ether oxygens (including phenoxy) is 1. The average molecular weight is 362 g/mol. The van der Waals surface area contributed by atoms with Crippen LogP contribution in [0.1, 0.15) is 12.5 Å². The molecule has 0 spiro atoms. The lowest BCUT2D eigenvalue weighted by molar-refractivity contribution is -0.383. The van der Waals surface area contributed by atoms with Gasteiger partial charge in [0.1, 0.15) is 17.1 Å². The fraction of sp³-hybridized carbons (Fsp3) is 0.100. The molecule has 7 heteroatoms. The molecule has 0 unspecified atom stereocenters. The molecule has 0 bridgehead atoms. The molecule has 0 aliphatic heterocycles. The van der Waals surface area contributed by atoms with Crippen molar-refractivity contribution in [1.82, 2.24) is 4.98 Å². The largest absolute Gasteiger partial charge is 0.457 e. The number of benzene rings is 2. The SMILES string of the molecule is CCc1cc(=O)oc2cc(Oc3ccc([N+](=O)[O-])c4cnccc34)ccc12. The van der Waals surface area contributed by atoms with Gasteiger partial charge < -0.3 is 9.15 Å². The summed E-state index contributed by atoms with van der Waals surface area (Å²) < 4.78 is 11.2. The average Bonchev–Trinajstić information content (AvgIpc) is 2.67. The van der Waals surface area contributed by atoms with Crippen molar-refractivity contribution in [3.8, 4) is 11.5 Å². The van der Waals surface area contributed by atoms with E-state index in [1.807, 2.05) is 13.0 Å². The number of nitrogens with zero attached hydrogens (tertiary/aromatic N) is 2. The van der Waals surface area contributed by atoms with Gasteiger partial charge in [0.15, 0.2) is 0 Å². The molecule has 0 fully saturated rings. The van der Waals surface area contributed by atoms with E-state index in [0.717, 1.165) is 10.9 Å². The third-order valence-corrected chi connectivity index (χ3v) is 4.36. The number of hydrogen-bond acceptors (Lipinski definition) is 6. The van der Waals surface area contributed by atoms with E-state index in [-0.39, 0.29) is 5.69 Å². The number of rotatable bonds is 4. The molecular weight excluding hydrogens is 348 g/mol. The maximum absolute atomic E-state index is 11.7. The Morgan fingerprint density at radius 1 is 1.11 bits per heavy atom. The zero-order chi connectivity index (χ0) is 19.0. The number of nitro benzene ring substituents is 1. The van der Waals surface area contributed by atoms with Gasteiger partial charge in [0.05, 0.1) is 10.3 Å². The maximum atomic E-state index is 11.7. The first-order valence-electron chi connectivity index (χ1n) is 8.32. The Labute approximate surface area is 153 Å². The van der Waals surface area contributed by atoms with Crippen LogP contribution in [-0.4, -0.2) is 9.91 Å². The number of hydrogen-bond donors (Lipinski definition) is 0. The third kappa shape index (κ3) is 2.99. The summed E-state index contributed by atoms with van der Waals surface area (Å²) in [5, 5.41) is 13.0. The number of nitro groups is 1. The predicted octanol–water partition coefficient (Wildman–Crippen LogP) is 4.60. The summed E-state index contributed by atoms with van der Waals surface area (Å²) in [7, 11) is 0. The highest BCUT2D eigenvalue weighted by Crippen LogP contribution is 2.35. The number of fused-ring (bicyclic) bond motifs is 2. The second kappa shape index (κ2) is 6.53. The minimum Gasteiger partial charge on any atom is -0.457 e. The quantitative estimate of drug-likeness (QED) is 0.299. The van der Waals surface area contributed by atoms with Crippen molar-refractivity contribution in [3.05, 3.63) is 81.0 Å². The molecule has 0 saturated heterocycles. The van der Waals surface area contributed by atoms with Crippen LogP contribution in [-0.2, 0) is 6.42 Å².